The second-order valence-electron chi connectivity index (χ2n) is 4.93. The Kier molecular flexibility index (Phi) is 4.29. The van der Waals surface area contributed by atoms with Crippen molar-refractivity contribution in [1.29, 1.82) is 0 Å². The van der Waals surface area contributed by atoms with Crippen LogP contribution in [0.25, 0.3) is 0 Å². The number of rotatable bonds is 7. The SMILES string of the molecule is CN(CCC(=O)O)c1ccccc1S(=O)(=O)NC1CC1. The van der Waals surface area contributed by atoms with Gasteiger partial charge in [0, 0.05) is 19.6 Å². The van der Waals surface area contributed by atoms with E-state index in [4.69, 9.17) is 5.11 Å². The van der Waals surface area contributed by atoms with Crippen LogP contribution < -0.4 is 9.62 Å². The Labute approximate surface area is 118 Å². The fourth-order valence-corrected chi connectivity index (χ4v) is 3.43. The Morgan fingerprint density at radius 1 is 1.40 bits per heavy atom. The summed E-state index contributed by atoms with van der Waals surface area (Å²) in [5.41, 5.74) is 0.516. The molecule has 1 aromatic rings. The minimum absolute atomic E-state index is 0.0392. The van der Waals surface area contributed by atoms with Crippen molar-refractivity contribution in [3.63, 3.8) is 0 Å². The molecule has 1 aliphatic rings. The lowest BCUT2D eigenvalue weighted by atomic mass is 10.3. The zero-order valence-corrected chi connectivity index (χ0v) is 12.1. The van der Waals surface area contributed by atoms with E-state index in [1.165, 1.54) is 6.07 Å². The van der Waals surface area contributed by atoms with Crippen molar-refractivity contribution >= 4 is 21.7 Å². The molecule has 0 aromatic heterocycles. The average Bonchev–Trinajstić information content (AvgIpc) is 3.19. The van der Waals surface area contributed by atoms with Crippen molar-refractivity contribution in [2.75, 3.05) is 18.5 Å². The predicted molar refractivity (Wildman–Crippen MR) is 75.3 cm³/mol. The van der Waals surface area contributed by atoms with Crippen LogP contribution in [0.5, 0.6) is 0 Å². The topological polar surface area (TPSA) is 86.7 Å². The van der Waals surface area contributed by atoms with E-state index >= 15 is 0 Å². The molecule has 0 amide bonds. The van der Waals surface area contributed by atoms with Gasteiger partial charge < -0.3 is 10.0 Å². The molecule has 0 radical (unpaired) electrons. The Morgan fingerprint density at radius 3 is 2.65 bits per heavy atom. The van der Waals surface area contributed by atoms with Crippen LogP contribution in [0.2, 0.25) is 0 Å². The van der Waals surface area contributed by atoms with Crippen LogP contribution in [-0.4, -0.2) is 39.1 Å². The molecule has 6 nitrogen and oxygen atoms in total. The van der Waals surface area contributed by atoms with E-state index < -0.39 is 16.0 Å². The van der Waals surface area contributed by atoms with Crippen molar-refractivity contribution in [3.8, 4) is 0 Å². The maximum absolute atomic E-state index is 12.3. The minimum atomic E-state index is -3.55. The number of nitrogens with one attached hydrogen (secondary N) is 1. The molecule has 0 atom stereocenters. The van der Waals surface area contributed by atoms with Crippen molar-refractivity contribution in [3.05, 3.63) is 24.3 Å². The van der Waals surface area contributed by atoms with Crippen LogP contribution in [0.4, 0.5) is 5.69 Å². The number of benzene rings is 1. The lowest BCUT2D eigenvalue weighted by Crippen LogP contribution is -2.29. The third-order valence-corrected chi connectivity index (χ3v) is 4.69. The van der Waals surface area contributed by atoms with E-state index in [9.17, 15) is 13.2 Å². The fourth-order valence-electron chi connectivity index (χ4n) is 1.87. The summed E-state index contributed by atoms with van der Waals surface area (Å²) in [6.45, 7) is 0.255. The quantitative estimate of drug-likeness (QED) is 0.785. The second-order valence-corrected chi connectivity index (χ2v) is 6.61. The highest BCUT2D eigenvalue weighted by Crippen LogP contribution is 2.27. The van der Waals surface area contributed by atoms with Gasteiger partial charge in [-0.2, -0.15) is 0 Å². The first-order valence-corrected chi connectivity index (χ1v) is 7.93. The van der Waals surface area contributed by atoms with E-state index in [2.05, 4.69) is 4.72 Å². The van der Waals surface area contributed by atoms with Gasteiger partial charge in [-0.05, 0) is 25.0 Å². The van der Waals surface area contributed by atoms with Gasteiger partial charge in [-0.15, -0.1) is 0 Å². The van der Waals surface area contributed by atoms with Gasteiger partial charge in [0.05, 0.1) is 12.1 Å². The lowest BCUT2D eigenvalue weighted by Gasteiger charge is -2.21. The highest BCUT2D eigenvalue weighted by molar-refractivity contribution is 7.89. The number of carboxylic acids is 1. The Morgan fingerprint density at radius 2 is 2.05 bits per heavy atom. The van der Waals surface area contributed by atoms with Gasteiger partial charge in [-0.3, -0.25) is 4.79 Å². The Balaban J connectivity index is 2.22. The maximum atomic E-state index is 12.3. The van der Waals surface area contributed by atoms with Crippen LogP contribution >= 0.6 is 0 Å². The number of carboxylic acid groups (broad SMARTS) is 1. The number of sulfonamides is 1. The predicted octanol–water partition coefficient (Wildman–Crippen LogP) is 1.04. The van der Waals surface area contributed by atoms with Gasteiger partial charge >= 0.3 is 5.97 Å². The summed E-state index contributed by atoms with van der Waals surface area (Å²) in [6.07, 6.45) is 1.70. The first kappa shape index (κ1) is 14.8. The van der Waals surface area contributed by atoms with Crippen LogP contribution in [0, 0.1) is 0 Å². The molecule has 0 saturated heterocycles. The van der Waals surface area contributed by atoms with E-state index in [0.29, 0.717) is 5.69 Å². The van der Waals surface area contributed by atoms with Crippen LogP contribution in [0.15, 0.2) is 29.2 Å². The summed E-state index contributed by atoms with van der Waals surface area (Å²) < 4.78 is 27.2. The molecule has 0 aliphatic heterocycles. The van der Waals surface area contributed by atoms with Gasteiger partial charge in [0.2, 0.25) is 10.0 Å². The van der Waals surface area contributed by atoms with E-state index in [0.717, 1.165) is 12.8 Å². The van der Waals surface area contributed by atoms with Gasteiger partial charge in [-0.25, -0.2) is 13.1 Å². The molecule has 0 spiro atoms. The fraction of sp³-hybridized carbons (Fsp3) is 0.462. The lowest BCUT2D eigenvalue weighted by molar-refractivity contribution is -0.136. The van der Waals surface area contributed by atoms with Crippen molar-refractivity contribution in [2.24, 2.45) is 0 Å². The van der Waals surface area contributed by atoms with E-state index in [-0.39, 0.29) is 23.9 Å². The number of aliphatic carboxylic acids is 1. The zero-order valence-electron chi connectivity index (χ0n) is 11.2. The molecule has 0 unspecified atom stereocenters. The third kappa shape index (κ3) is 3.71. The van der Waals surface area contributed by atoms with Crippen LogP contribution in [0.3, 0.4) is 0 Å². The number of hydrogen-bond donors (Lipinski definition) is 2. The van der Waals surface area contributed by atoms with E-state index in [1.54, 1.807) is 30.1 Å². The van der Waals surface area contributed by atoms with Gasteiger partial charge in [0.1, 0.15) is 4.90 Å². The molecule has 110 valence electrons. The minimum Gasteiger partial charge on any atom is -0.481 e. The molecular weight excluding hydrogens is 280 g/mol. The molecular formula is C13H18N2O4S. The number of nitrogens with zero attached hydrogens (tertiary/aromatic N) is 1. The summed E-state index contributed by atoms with van der Waals surface area (Å²) in [5, 5.41) is 8.71. The maximum Gasteiger partial charge on any atom is 0.305 e. The first-order chi connectivity index (χ1) is 9.40. The monoisotopic (exact) mass is 298 g/mol. The molecule has 2 rings (SSSR count). The molecule has 20 heavy (non-hydrogen) atoms. The summed E-state index contributed by atoms with van der Waals surface area (Å²) in [6, 6.07) is 6.66. The van der Waals surface area contributed by atoms with Gasteiger partial charge in [-0.1, -0.05) is 12.1 Å². The molecule has 2 N–H and O–H groups in total. The molecule has 1 aliphatic carbocycles. The van der Waals surface area contributed by atoms with Gasteiger partial charge in [0.15, 0.2) is 0 Å². The van der Waals surface area contributed by atoms with Crippen LogP contribution in [-0.2, 0) is 14.8 Å². The van der Waals surface area contributed by atoms with Gasteiger partial charge in [0.25, 0.3) is 0 Å². The van der Waals surface area contributed by atoms with Crippen molar-refractivity contribution in [1.82, 2.24) is 4.72 Å². The van der Waals surface area contributed by atoms with E-state index in [1.807, 2.05) is 0 Å². The summed E-state index contributed by atoms with van der Waals surface area (Å²) in [7, 11) is -1.86. The Hall–Kier alpha value is -1.60. The van der Waals surface area contributed by atoms with Crippen LogP contribution in [0.1, 0.15) is 19.3 Å². The first-order valence-electron chi connectivity index (χ1n) is 6.44. The highest BCUT2D eigenvalue weighted by atomic mass is 32.2. The molecule has 0 heterocycles. The summed E-state index contributed by atoms with van der Waals surface area (Å²) >= 11 is 0. The van der Waals surface area contributed by atoms with Crippen molar-refractivity contribution < 1.29 is 18.3 Å². The second kappa shape index (κ2) is 5.80. The molecule has 0 bridgehead atoms. The third-order valence-electron chi connectivity index (χ3n) is 3.13. The highest BCUT2D eigenvalue weighted by Gasteiger charge is 2.29. The zero-order chi connectivity index (χ0) is 14.8. The number of anilines is 1. The average molecular weight is 298 g/mol. The summed E-state index contributed by atoms with van der Waals surface area (Å²) in [5.74, 6) is -0.909. The number of para-hydroxylation sites is 1. The normalized spacial score (nSPS) is 15.1. The molecule has 7 heteroatoms. The summed E-state index contributed by atoms with van der Waals surface area (Å²) in [4.78, 5) is 12.5. The number of hydrogen-bond acceptors (Lipinski definition) is 4. The largest absolute Gasteiger partial charge is 0.481 e. The smallest absolute Gasteiger partial charge is 0.305 e. The Bertz CT molecular complexity index is 596. The number of carbonyl (C=O) groups is 1. The molecule has 1 saturated carbocycles. The molecule has 1 aromatic carbocycles. The standard InChI is InChI=1S/C13H18N2O4S/c1-15(9-8-13(16)17)11-4-2-3-5-12(11)20(18,19)14-10-6-7-10/h2-5,10,14H,6-9H2,1H3,(H,16,17). The van der Waals surface area contributed by atoms with Crippen molar-refractivity contribution in [2.45, 2.75) is 30.2 Å². The molecule has 1 fully saturated rings.